The normalized spacial score (nSPS) is 13.1. The van der Waals surface area contributed by atoms with E-state index >= 15 is 0 Å². The molecule has 124 valence electrons. The number of carbonyl (C=O) groups excluding carboxylic acids is 3. The molecule has 2 aromatic carbocycles. The summed E-state index contributed by atoms with van der Waals surface area (Å²) in [5, 5.41) is 0. The maximum Gasteiger partial charge on any atom is 0.148 e. The first-order valence-electron chi connectivity index (χ1n) is 8.11. The Morgan fingerprint density at radius 1 is 0.667 bits per heavy atom. The number of hydrogen-bond acceptors (Lipinski definition) is 3. The second-order valence-corrected chi connectivity index (χ2v) is 6.14. The van der Waals surface area contributed by atoms with Gasteiger partial charge in [0.1, 0.15) is 17.3 Å². The van der Waals surface area contributed by atoms with E-state index in [9.17, 15) is 14.4 Å². The van der Waals surface area contributed by atoms with Gasteiger partial charge in [0, 0.05) is 12.8 Å². The maximum atomic E-state index is 13.2. The van der Waals surface area contributed by atoms with Crippen LogP contribution < -0.4 is 0 Å². The van der Waals surface area contributed by atoms with Crippen molar-refractivity contribution in [3.8, 4) is 0 Å². The smallest absolute Gasteiger partial charge is 0.148 e. The Morgan fingerprint density at radius 2 is 1.00 bits per heavy atom. The Kier molecular flexibility index (Phi) is 6.19. The molecule has 0 aromatic heterocycles. The van der Waals surface area contributed by atoms with Crippen molar-refractivity contribution >= 4 is 17.3 Å². The summed E-state index contributed by atoms with van der Waals surface area (Å²) in [6.45, 7) is 2.98. The fourth-order valence-electron chi connectivity index (χ4n) is 2.95. The van der Waals surface area contributed by atoms with Crippen molar-refractivity contribution in [3.63, 3.8) is 0 Å². The second kappa shape index (κ2) is 8.34. The van der Waals surface area contributed by atoms with Gasteiger partial charge in [0.15, 0.2) is 0 Å². The number of benzene rings is 2. The van der Waals surface area contributed by atoms with E-state index in [2.05, 4.69) is 0 Å². The largest absolute Gasteiger partial charge is 0.300 e. The molecule has 0 fully saturated rings. The molecule has 24 heavy (non-hydrogen) atoms. The molecule has 0 aliphatic heterocycles. The predicted molar refractivity (Wildman–Crippen MR) is 94.0 cm³/mol. The monoisotopic (exact) mass is 322 g/mol. The molecular formula is C21H22O3. The van der Waals surface area contributed by atoms with Gasteiger partial charge in [0.2, 0.25) is 0 Å². The Bertz CT molecular complexity index is 643. The first kappa shape index (κ1) is 17.8. The van der Waals surface area contributed by atoms with Crippen LogP contribution in [0.15, 0.2) is 60.7 Å². The highest BCUT2D eigenvalue weighted by atomic mass is 16.1. The first-order chi connectivity index (χ1) is 11.5. The lowest BCUT2D eigenvalue weighted by molar-refractivity contribution is -0.127. The van der Waals surface area contributed by atoms with E-state index in [1.807, 2.05) is 60.7 Å². The van der Waals surface area contributed by atoms with Crippen molar-refractivity contribution in [3.05, 3.63) is 71.8 Å². The molecule has 0 N–H and O–H groups in total. The minimum Gasteiger partial charge on any atom is -0.300 e. The summed E-state index contributed by atoms with van der Waals surface area (Å²) in [6.07, 6.45) is 0.314. The van der Waals surface area contributed by atoms with Crippen molar-refractivity contribution in [2.24, 2.45) is 0 Å². The summed E-state index contributed by atoms with van der Waals surface area (Å²) in [5.41, 5.74) is 1.64. The number of hydrogen-bond donors (Lipinski definition) is 0. The van der Waals surface area contributed by atoms with Gasteiger partial charge in [-0.15, -0.1) is 0 Å². The number of rotatable bonds is 8. The van der Waals surface area contributed by atoms with Gasteiger partial charge >= 0.3 is 0 Å². The second-order valence-electron chi connectivity index (χ2n) is 6.14. The molecular weight excluding hydrogens is 300 g/mol. The summed E-state index contributed by atoms with van der Waals surface area (Å²) >= 11 is 0. The molecule has 0 aliphatic rings. The highest BCUT2D eigenvalue weighted by Gasteiger charge is 2.30. The molecule has 0 bridgehead atoms. The fraction of sp³-hybridized carbons (Fsp3) is 0.286. The molecule has 0 amide bonds. The fourth-order valence-corrected chi connectivity index (χ4v) is 2.95. The standard InChI is InChI=1S/C21H22O3/c1-15(22)13-19(17-9-5-3-6-10-17)21(24)20(14-16(2)23)18-11-7-4-8-12-18/h3-12,19-20H,13-14H2,1-2H3/t19-,20-/m0/s1. The van der Waals surface area contributed by atoms with Crippen LogP contribution in [0.5, 0.6) is 0 Å². The maximum absolute atomic E-state index is 13.2. The van der Waals surface area contributed by atoms with Crippen LogP contribution in [0.4, 0.5) is 0 Å². The van der Waals surface area contributed by atoms with Crippen LogP contribution in [0.1, 0.15) is 49.7 Å². The summed E-state index contributed by atoms with van der Waals surface area (Å²) in [5.74, 6) is -1.18. The topological polar surface area (TPSA) is 51.2 Å². The molecule has 0 saturated heterocycles. The van der Waals surface area contributed by atoms with Gasteiger partial charge in [-0.05, 0) is 25.0 Å². The Labute approximate surface area is 142 Å². The Balaban J connectivity index is 2.40. The minimum absolute atomic E-state index is 0.0353. The lowest BCUT2D eigenvalue weighted by Gasteiger charge is -2.22. The highest BCUT2D eigenvalue weighted by molar-refractivity contribution is 5.97. The molecule has 2 aromatic rings. The molecule has 3 heteroatoms. The lowest BCUT2D eigenvalue weighted by Crippen LogP contribution is -2.24. The predicted octanol–water partition coefficient (Wildman–Crippen LogP) is 4.08. The third-order valence-corrected chi connectivity index (χ3v) is 4.07. The zero-order valence-corrected chi connectivity index (χ0v) is 14.1. The summed E-state index contributed by atoms with van der Waals surface area (Å²) < 4.78 is 0. The summed E-state index contributed by atoms with van der Waals surface area (Å²) in [4.78, 5) is 36.6. The van der Waals surface area contributed by atoms with Crippen LogP contribution in [-0.4, -0.2) is 17.3 Å². The summed E-state index contributed by atoms with van der Waals surface area (Å²) in [7, 11) is 0. The van der Waals surface area contributed by atoms with Crippen LogP contribution >= 0.6 is 0 Å². The third kappa shape index (κ3) is 4.72. The average Bonchev–Trinajstić information content (AvgIpc) is 2.58. The van der Waals surface area contributed by atoms with Crippen molar-refractivity contribution in [1.82, 2.24) is 0 Å². The Morgan fingerprint density at radius 3 is 1.29 bits per heavy atom. The quantitative estimate of drug-likeness (QED) is 0.736. The molecule has 2 atom stereocenters. The SMILES string of the molecule is CC(=O)C[C@H](C(=O)[C@@H](CC(C)=O)c1ccccc1)c1ccccc1. The van der Waals surface area contributed by atoms with E-state index in [1.165, 1.54) is 13.8 Å². The van der Waals surface area contributed by atoms with Gasteiger partial charge in [-0.3, -0.25) is 14.4 Å². The number of Topliss-reactive ketones (excluding diaryl/α,β-unsaturated/α-hetero) is 3. The first-order valence-corrected chi connectivity index (χ1v) is 8.11. The molecule has 0 radical (unpaired) electrons. The molecule has 2 rings (SSSR count). The molecule has 0 spiro atoms. The minimum atomic E-state index is -0.520. The van der Waals surface area contributed by atoms with Gasteiger partial charge < -0.3 is 0 Å². The average molecular weight is 322 g/mol. The summed E-state index contributed by atoms with van der Waals surface area (Å²) in [6, 6.07) is 18.6. The van der Waals surface area contributed by atoms with E-state index < -0.39 is 11.8 Å². The molecule has 3 nitrogen and oxygen atoms in total. The van der Waals surface area contributed by atoms with Gasteiger partial charge in [-0.2, -0.15) is 0 Å². The number of ketones is 3. The van der Waals surface area contributed by atoms with Crippen molar-refractivity contribution in [1.29, 1.82) is 0 Å². The van der Waals surface area contributed by atoms with E-state index in [4.69, 9.17) is 0 Å². The van der Waals surface area contributed by atoms with E-state index in [0.29, 0.717) is 0 Å². The van der Waals surface area contributed by atoms with Crippen molar-refractivity contribution in [2.45, 2.75) is 38.5 Å². The van der Waals surface area contributed by atoms with Crippen molar-refractivity contribution in [2.75, 3.05) is 0 Å². The molecule has 0 unspecified atom stereocenters. The third-order valence-electron chi connectivity index (χ3n) is 4.07. The van der Waals surface area contributed by atoms with Crippen LogP contribution in [0, 0.1) is 0 Å². The Hall–Kier alpha value is -2.55. The zero-order chi connectivity index (χ0) is 17.5. The molecule has 0 heterocycles. The van der Waals surface area contributed by atoms with Gasteiger partial charge in [0.05, 0.1) is 11.8 Å². The molecule has 0 aliphatic carbocycles. The van der Waals surface area contributed by atoms with E-state index in [-0.39, 0.29) is 30.2 Å². The highest BCUT2D eigenvalue weighted by Crippen LogP contribution is 2.31. The van der Waals surface area contributed by atoms with Crippen LogP contribution in [-0.2, 0) is 14.4 Å². The molecule has 0 saturated carbocycles. The lowest BCUT2D eigenvalue weighted by atomic mass is 9.79. The van der Waals surface area contributed by atoms with Gasteiger partial charge in [-0.1, -0.05) is 60.7 Å². The van der Waals surface area contributed by atoms with Gasteiger partial charge in [0.25, 0.3) is 0 Å². The van der Waals surface area contributed by atoms with E-state index in [0.717, 1.165) is 11.1 Å². The van der Waals surface area contributed by atoms with Crippen molar-refractivity contribution < 1.29 is 14.4 Å². The van der Waals surface area contributed by atoms with Crippen LogP contribution in [0.25, 0.3) is 0 Å². The van der Waals surface area contributed by atoms with Gasteiger partial charge in [-0.25, -0.2) is 0 Å². The van der Waals surface area contributed by atoms with Crippen LogP contribution in [0.2, 0.25) is 0 Å². The zero-order valence-electron chi connectivity index (χ0n) is 14.1. The van der Waals surface area contributed by atoms with Crippen LogP contribution in [0.3, 0.4) is 0 Å². The number of carbonyl (C=O) groups is 3. The van der Waals surface area contributed by atoms with E-state index in [1.54, 1.807) is 0 Å².